The number of nitrogens with zero attached hydrogens (tertiary/aromatic N) is 4. The summed E-state index contributed by atoms with van der Waals surface area (Å²) in [6, 6.07) is 17.6. The lowest BCUT2D eigenvalue weighted by atomic mass is 10.2. The van der Waals surface area contributed by atoms with Crippen molar-refractivity contribution in [1.82, 2.24) is 25.5 Å². The van der Waals surface area contributed by atoms with Gasteiger partial charge in [0.05, 0.1) is 25.6 Å². The Morgan fingerprint density at radius 2 is 1.87 bits per heavy atom. The standard InChI is InChI=1S/C22H23N5O3.ClH/c1-16-5-8-18(9-6-16)27-22(24-25-26-27)15-30-20-10-7-17(12-21(20)28-2)13-23-14-19-4-3-11-29-19;/h3-12,23H,13-15H2,1-2H3;1H. The van der Waals surface area contributed by atoms with E-state index < -0.39 is 0 Å². The van der Waals surface area contributed by atoms with Crippen molar-refractivity contribution < 1.29 is 13.9 Å². The van der Waals surface area contributed by atoms with Crippen LogP contribution in [0.4, 0.5) is 0 Å². The van der Waals surface area contributed by atoms with Crippen molar-refractivity contribution in [1.29, 1.82) is 0 Å². The largest absolute Gasteiger partial charge is 0.493 e. The molecule has 0 saturated carbocycles. The molecular formula is C22H24ClN5O3. The Hall–Kier alpha value is -3.36. The number of aromatic nitrogens is 4. The van der Waals surface area contributed by atoms with Crippen LogP contribution in [0.25, 0.3) is 5.69 Å². The van der Waals surface area contributed by atoms with Gasteiger partial charge in [-0.05, 0) is 59.3 Å². The van der Waals surface area contributed by atoms with Gasteiger partial charge in [-0.3, -0.25) is 0 Å². The van der Waals surface area contributed by atoms with Crippen molar-refractivity contribution in [3.63, 3.8) is 0 Å². The normalized spacial score (nSPS) is 10.5. The van der Waals surface area contributed by atoms with Crippen LogP contribution in [-0.4, -0.2) is 27.3 Å². The van der Waals surface area contributed by atoms with Gasteiger partial charge in [-0.1, -0.05) is 23.8 Å². The first kappa shape index (κ1) is 22.3. The third kappa shape index (κ3) is 5.62. The SMILES string of the molecule is COc1cc(CNCc2ccco2)ccc1OCc1nnnn1-c1ccc(C)cc1.Cl. The molecule has 8 nitrogen and oxygen atoms in total. The fraction of sp³-hybridized carbons (Fsp3) is 0.227. The smallest absolute Gasteiger partial charge is 0.194 e. The van der Waals surface area contributed by atoms with E-state index in [-0.39, 0.29) is 19.0 Å². The molecular weight excluding hydrogens is 418 g/mol. The summed E-state index contributed by atoms with van der Waals surface area (Å²) in [5, 5.41) is 15.3. The van der Waals surface area contributed by atoms with Gasteiger partial charge in [0.1, 0.15) is 5.76 Å². The van der Waals surface area contributed by atoms with Crippen molar-refractivity contribution in [2.24, 2.45) is 0 Å². The number of tetrazole rings is 1. The van der Waals surface area contributed by atoms with Crippen molar-refractivity contribution in [2.75, 3.05) is 7.11 Å². The molecule has 0 fully saturated rings. The number of rotatable bonds is 9. The van der Waals surface area contributed by atoms with E-state index in [0.29, 0.717) is 30.4 Å². The first-order valence-electron chi connectivity index (χ1n) is 9.60. The Morgan fingerprint density at radius 1 is 1.03 bits per heavy atom. The average Bonchev–Trinajstić information content (AvgIpc) is 3.45. The van der Waals surface area contributed by atoms with Gasteiger partial charge in [-0.15, -0.1) is 17.5 Å². The first-order chi connectivity index (χ1) is 14.7. The van der Waals surface area contributed by atoms with Crippen LogP contribution < -0.4 is 14.8 Å². The van der Waals surface area contributed by atoms with Crippen LogP contribution in [0, 0.1) is 6.92 Å². The summed E-state index contributed by atoms with van der Waals surface area (Å²) in [7, 11) is 1.62. The molecule has 0 amide bonds. The van der Waals surface area contributed by atoms with Crippen LogP contribution in [0.5, 0.6) is 11.5 Å². The zero-order chi connectivity index (χ0) is 20.8. The van der Waals surface area contributed by atoms with Gasteiger partial charge in [0, 0.05) is 6.54 Å². The van der Waals surface area contributed by atoms with Gasteiger partial charge in [-0.2, -0.15) is 4.68 Å². The summed E-state index contributed by atoms with van der Waals surface area (Å²) in [6.07, 6.45) is 1.67. The highest BCUT2D eigenvalue weighted by Crippen LogP contribution is 2.29. The van der Waals surface area contributed by atoms with Crippen LogP contribution in [0.1, 0.15) is 22.7 Å². The Morgan fingerprint density at radius 3 is 2.61 bits per heavy atom. The molecule has 31 heavy (non-hydrogen) atoms. The number of hydrogen-bond donors (Lipinski definition) is 1. The maximum Gasteiger partial charge on any atom is 0.194 e. The third-order valence-electron chi connectivity index (χ3n) is 4.61. The molecule has 0 aliphatic carbocycles. The fourth-order valence-corrected chi connectivity index (χ4v) is 3.01. The Labute approximate surface area is 186 Å². The molecule has 2 aromatic carbocycles. The lowest BCUT2D eigenvalue weighted by Crippen LogP contribution is -2.12. The summed E-state index contributed by atoms with van der Waals surface area (Å²) < 4.78 is 18.4. The molecule has 0 saturated heterocycles. The van der Waals surface area contributed by atoms with Crippen LogP contribution in [0.15, 0.2) is 65.3 Å². The minimum absolute atomic E-state index is 0. The van der Waals surface area contributed by atoms with Gasteiger partial charge in [0.2, 0.25) is 0 Å². The van der Waals surface area contributed by atoms with Gasteiger partial charge in [0.15, 0.2) is 23.9 Å². The van der Waals surface area contributed by atoms with Gasteiger partial charge in [0.25, 0.3) is 0 Å². The molecule has 162 valence electrons. The molecule has 4 rings (SSSR count). The van der Waals surface area contributed by atoms with Crippen LogP contribution >= 0.6 is 12.4 Å². The number of methoxy groups -OCH3 is 1. The Kier molecular flexibility index (Phi) is 7.64. The van der Waals surface area contributed by atoms with E-state index >= 15 is 0 Å². The van der Waals surface area contributed by atoms with Crippen LogP contribution in [0.3, 0.4) is 0 Å². The van der Waals surface area contributed by atoms with E-state index in [2.05, 4.69) is 20.8 Å². The summed E-state index contributed by atoms with van der Waals surface area (Å²) in [6.45, 7) is 3.60. The second kappa shape index (κ2) is 10.6. The minimum Gasteiger partial charge on any atom is -0.493 e. The third-order valence-corrected chi connectivity index (χ3v) is 4.61. The summed E-state index contributed by atoms with van der Waals surface area (Å²) in [4.78, 5) is 0. The topological polar surface area (TPSA) is 87.2 Å². The second-order valence-electron chi connectivity index (χ2n) is 6.80. The molecule has 0 spiro atoms. The summed E-state index contributed by atoms with van der Waals surface area (Å²) in [5.74, 6) is 2.78. The number of aryl methyl sites for hydroxylation is 1. The van der Waals surface area contributed by atoms with Crippen LogP contribution in [0.2, 0.25) is 0 Å². The zero-order valence-corrected chi connectivity index (χ0v) is 18.1. The quantitative estimate of drug-likeness (QED) is 0.422. The summed E-state index contributed by atoms with van der Waals surface area (Å²) in [5.41, 5.74) is 3.14. The van der Waals surface area contributed by atoms with Gasteiger partial charge < -0.3 is 19.2 Å². The first-order valence-corrected chi connectivity index (χ1v) is 9.60. The fourth-order valence-electron chi connectivity index (χ4n) is 3.01. The van der Waals surface area contributed by atoms with Crippen molar-refractivity contribution in [2.45, 2.75) is 26.6 Å². The molecule has 0 radical (unpaired) electrons. The monoisotopic (exact) mass is 441 g/mol. The maximum absolute atomic E-state index is 5.95. The molecule has 1 N–H and O–H groups in total. The van der Waals surface area contributed by atoms with E-state index in [0.717, 1.165) is 17.0 Å². The molecule has 0 aliphatic rings. The molecule has 0 bridgehead atoms. The van der Waals surface area contributed by atoms with Gasteiger partial charge in [-0.25, -0.2) is 0 Å². The van der Waals surface area contributed by atoms with E-state index in [4.69, 9.17) is 13.9 Å². The maximum atomic E-state index is 5.95. The lowest BCUT2D eigenvalue weighted by Gasteiger charge is -2.12. The van der Waals surface area contributed by atoms with Crippen molar-refractivity contribution >= 4 is 12.4 Å². The number of furan rings is 1. The van der Waals surface area contributed by atoms with E-state index in [9.17, 15) is 0 Å². The highest BCUT2D eigenvalue weighted by molar-refractivity contribution is 5.85. The van der Waals surface area contributed by atoms with Crippen LogP contribution in [-0.2, 0) is 19.7 Å². The molecule has 0 atom stereocenters. The Balaban J connectivity index is 0.00000272. The average molecular weight is 442 g/mol. The van der Waals surface area contributed by atoms with Crippen molar-refractivity contribution in [3.05, 3.63) is 83.6 Å². The van der Waals surface area contributed by atoms with Gasteiger partial charge >= 0.3 is 0 Å². The number of benzene rings is 2. The molecule has 2 aromatic heterocycles. The molecule has 0 unspecified atom stereocenters. The molecule has 0 aliphatic heterocycles. The highest BCUT2D eigenvalue weighted by atomic mass is 35.5. The minimum atomic E-state index is 0. The van der Waals surface area contributed by atoms with E-state index in [1.54, 1.807) is 18.1 Å². The van der Waals surface area contributed by atoms with E-state index in [1.807, 2.05) is 61.5 Å². The molecule has 4 aromatic rings. The molecule has 9 heteroatoms. The highest BCUT2D eigenvalue weighted by Gasteiger charge is 2.12. The second-order valence-corrected chi connectivity index (χ2v) is 6.80. The zero-order valence-electron chi connectivity index (χ0n) is 17.3. The predicted molar refractivity (Wildman–Crippen MR) is 118 cm³/mol. The predicted octanol–water partition coefficient (Wildman–Crippen LogP) is 3.86. The molecule has 2 heterocycles. The lowest BCUT2D eigenvalue weighted by molar-refractivity contribution is 0.273. The number of nitrogens with one attached hydrogen (secondary N) is 1. The summed E-state index contributed by atoms with van der Waals surface area (Å²) >= 11 is 0. The Bertz CT molecular complexity index is 1080. The number of halogens is 1. The number of hydrogen-bond acceptors (Lipinski definition) is 7. The number of ether oxygens (including phenoxy) is 2. The van der Waals surface area contributed by atoms with E-state index in [1.165, 1.54) is 5.56 Å². The van der Waals surface area contributed by atoms with Crippen molar-refractivity contribution in [3.8, 4) is 17.2 Å².